The van der Waals surface area contributed by atoms with Crippen molar-refractivity contribution in [3.8, 4) is 0 Å². The van der Waals surface area contributed by atoms with Crippen LogP contribution in [-0.2, 0) is 19.7 Å². The van der Waals surface area contributed by atoms with Crippen LogP contribution in [0.3, 0.4) is 0 Å². The molecule has 1 atom stereocenters. The van der Waals surface area contributed by atoms with Crippen molar-refractivity contribution in [1.82, 2.24) is 0 Å². The van der Waals surface area contributed by atoms with Gasteiger partial charge in [0, 0.05) is 16.8 Å². The van der Waals surface area contributed by atoms with Gasteiger partial charge in [0.2, 0.25) is 5.91 Å². The molecule has 0 spiro atoms. The molecule has 0 saturated heterocycles. The first-order valence-electron chi connectivity index (χ1n) is 9.50. The van der Waals surface area contributed by atoms with E-state index in [1.54, 1.807) is 18.2 Å². The van der Waals surface area contributed by atoms with Crippen LogP contribution in [0.1, 0.15) is 48.5 Å². The monoisotopic (exact) mass is 398 g/mol. The van der Waals surface area contributed by atoms with Crippen molar-refractivity contribution >= 4 is 23.5 Å². The second-order valence-corrected chi connectivity index (χ2v) is 7.25. The lowest BCUT2D eigenvalue weighted by molar-refractivity contribution is -0.159. The highest BCUT2D eigenvalue weighted by molar-refractivity contribution is 5.97. The van der Waals surface area contributed by atoms with E-state index in [0.717, 1.165) is 12.8 Å². The van der Waals surface area contributed by atoms with Gasteiger partial charge in [-0.15, -0.1) is 0 Å². The van der Waals surface area contributed by atoms with Gasteiger partial charge in [0.25, 0.3) is 5.91 Å². The Balaban J connectivity index is 1.70. The van der Waals surface area contributed by atoms with Gasteiger partial charge in [-0.2, -0.15) is 0 Å². The van der Waals surface area contributed by atoms with E-state index >= 15 is 0 Å². The lowest BCUT2D eigenvalue weighted by atomic mass is 9.78. The molecule has 1 saturated carbocycles. The van der Waals surface area contributed by atoms with Crippen LogP contribution >= 0.6 is 0 Å². The summed E-state index contributed by atoms with van der Waals surface area (Å²) in [6.07, 6.45) is 1.47. The molecule has 0 aromatic heterocycles. The number of hydrogen-bond acceptors (Lipinski definition) is 4. The molecule has 0 unspecified atom stereocenters. The largest absolute Gasteiger partial charge is 0.452 e. The fraction of sp³-hybridized carbons (Fsp3) is 0.318. The molecule has 2 amide bonds. The number of benzene rings is 2. The van der Waals surface area contributed by atoms with Gasteiger partial charge >= 0.3 is 5.97 Å². The summed E-state index contributed by atoms with van der Waals surface area (Å²) >= 11 is 0. The maximum Gasteiger partial charge on any atom is 0.317 e. The minimum absolute atomic E-state index is 0.315. The molecule has 1 fully saturated rings. The molecule has 2 aromatic rings. The third-order valence-corrected chi connectivity index (χ3v) is 5.33. The first-order valence-corrected chi connectivity index (χ1v) is 9.50. The van der Waals surface area contributed by atoms with Crippen LogP contribution in [0.15, 0.2) is 48.5 Å². The van der Waals surface area contributed by atoms with E-state index in [0.29, 0.717) is 29.7 Å². The highest BCUT2D eigenvalue weighted by atomic mass is 19.1. The Morgan fingerprint density at radius 2 is 1.69 bits per heavy atom. The van der Waals surface area contributed by atoms with Gasteiger partial charge in [-0.05, 0) is 50.1 Å². The highest BCUT2D eigenvalue weighted by Gasteiger charge is 2.46. The second kappa shape index (κ2) is 8.43. The number of primary amides is 1. The lowest BCUT2D eigenvalue weighted by Gasteiger charge is -2.29. The van der Waals surface area contributed by atoms with Crippen LogP contribution in [-0.4, -0.2) is 23.9 Å². The number of hydrogen-bond donors (Lipinski definition) is 2. The van der Waals surface area contributed by atoms with E-state index < -0.39 is 35.1 Å². The predicted octanol–water partition coefficient (Wildman–Crippen LogP) is 3.31. The van der Waals surface area contributed by atoms with E-state index in [4.69, 9.17) is 10.5 Å². The number of carbonyl (C=O) groups is 3. The van der Waals surface area contributed by atoms with Crippen LogP contribution < -0.4 is 11.1 Å². The Morgan fingerprint density at radius 3 is 2.28 bits per heavy atom. The summed E-state index contributed by atoms with van der Waals surface area (Å²) in [6, 6.07) is 12.2. The number of nitrogens with two attached hydrogens (primary N) is 1. The summed E-state index contributed by atoms with van der Waals surface area (Å²) in [6.45, 7) is 1.47. The molecular formula is C22H23FN2O4. The number of anilines is 1. The van der Waals surface area contributed by atoms with Gasteiger partial charge in [0.1, 0.15) is 5.82 Å². The maximum atomic E-state index is 14.4. The molecule has 29 heavy (non-hydrogen) atoms. The van der Waals surface area contributed by atoms with E-state index in [1.165, 1.54) is 37.3 Å². The van der Waals surface area contributed by atoms with Gasteiger partial charge in [0.15, 0.2) is 6.10 Å². The molecule has 3 N–H and O–H groups in total. The molecule has 3 rings (SSSR count). The summed E-state index contributed by atoms with van der Waals surface area (Å²) in [7, 11) is 0. The van der Waals surface area contributed by atoms with Gasteiger partial charge in [-0.1, -0.05) is 31.0 Å². The zero-order chi connectivity index (χ0) is 21.0. The van der Waals surface area contributed by atoms with Crippen LogP contribution in [0.2, 0.25) is 0 Å². The number of amides is 2. The van der Waals surface area contributed by atoms with E-state index in [-0.39, 0.29) is 0 Å². The van der Waals surface area contributed by atoms with Gasteiger partial charge in [-0.25, -0.2) is 4.39 Å². The van der Waals surface area contributed by atoms with Crippen molar-refractivity contribution < 1.29 is 23.5 Å². The number of ether oxygens (including phenoxy) is 1. The summed E-state index contributed by atoms with van der Waals surface area (Å²) < 4.78 is 19.9. The van der Waals surface area contributed by atoms with Crippen molar-refractivity contribution in [2.75, 3.05) is 5.32 Å². The average molecular weight is 398 g/mol. The zero-order valence-corrected chi connectivity index (χ0v) is 16.1. The average Bonchev–Trinajstić information content (AvgIpc) is 3.19. The number of carbonyl (C=O) groups excluding carboxylic acids is 3. The quantitative estimate of drug-likeness (QED) is 0.730. The molecule has 2 aromatic carbocycles. The fourth-order valence-electron chi connectivity index (χ4n) is 3.70. The number of rotatable bonds is 6. The van der Waals surface area contributed by atoms with Crippen LogP contribution in [0, 0.1) is 5.82 Å². The van der Waals surface area contributed by atoms with Crippen molar-refractivity contribution in [2.45, 2.75) is 44.1 Å². The summed E-state index contributed by atoms with van der Waals surface area (Å²) in [5, 5.41) is 2.63. The first kappa shape index (κ1) is 20.5. The molecule has 0 aliphatic heterocycles. The maximum absolute atomic E-state index is 14.4. The van der Waals surface area contributed by atoms with Crippen molar-refractivity contribution in [1.29, 1.82) is 0 Å². The Morgan fingerprint density at radius 1 is 1.07 bits per heavy atom. The summed E-state index contributed by atoms with van der Waals surface area (Å²) in [4.78, 5) is 36.5. The van der Waals surface area contributed by atoms with Crippen molar-refractivity contribution in [3.63, 3.8) is 0 Å². The SMILES string of the molecule is C[C@H](OC(=O)C1(c2ccccc2F)CCCC1)C(=O)Nc1ccc(C(N)=O)cc1. The zero-order valence-electron chi connectivity index (χ0n) is 16.1. The predicted molar refractivity (Wildman–Crippen MR) is 106 cm³/mol. The Hall–Kier alpha value is -3.22. The first-order chi connectivity index (χ1) is 13.8. The normalized spacial score (nSPS) is 16.1. The molecule has 1 aliphatic carbocycles. The third kappa shape index (κ3) is 4.29. The number of nitrogens with one attached hydrogen (secondary N) is 1. The number of halogens is 1. The standard InChI is InChI=1S/C22H23FN2O4/c1-14(20(27)25-16-10-8-15(9-11-16)19(24)26)29-21(28)22(12-4-5-13-22)17-6-2-3-7-18(17)23/h2-3,6-11,14H,4-5,12-13H2,1H3,(H2,24,26)(H,25,27)/t14-/m0/s1. The van der Waals surface area contributed by atoms with Crippen LogP contribution in [0.25, 0.3) is 0 Å². The third-order valence-electron chi connectivity index (χ3n) is 5.33. The molecule has 0 radical (unpaired) electrons. The smallest absolute Gasteiger partial charge is 0.317 e. The van der Waals surface area contributed by atoms with Gasteiger partial charge < -0.3 is 15.8 Å². The molecule has 0 bridgehead atoms. The lowest BCUT2D eigenvalue weighted by Crippen LogP contribution is -2.40. The van der Waals surface area contributed by atoms with E-state index in [2.05, 4.69) is 5.32 Å². The van der Waals surface area contributed by atoms with E-state index in [1.807, 2.05) is 0 Å². The van der Waals surface area contributed by atoms with Crippen molar-refractivity contribution in [3.05, 3.63) is 65.5 Å². The van der Waals surface area contributed by atoms with Crippen molar-refractivity contribution in [2.24, 2.45) is 5.73 Å². The molecular weight excluding hydrogens is 375 g/mol. The highest BCUT2D eigenvalue weighted by Crippen LogP contribution is 2.43. The summed E-state index contributed by atoms with van der Waals surface area (Å²) in [5.41, 5.74) is 5.19. The molecule has 6 nitrogen and oxygen atoms in total. The minimum atomic E-state index is -1.07. The fourth-order valence-corrected chi connectivity index (χ4v) is 3.70. The molecule has 7 heteroatoms. The molecule has 1 aliphatic rings. The Labute approximate surface area is 168 Å². The molecule has 152 valence electrons. The number of esters is 1. The molecule has 0 heterocycles. The summed E-state index contributed by atoms with van der Waals surface area (Å²) in [5.74, 6) is -2.13. The van der Waals surface area contributed by atoms with Crippen LogP contribution in [0.4, 0.5) is 10.1 Å². The van der Waals surface area contributed by atoms with Crippen LogP contribution in [0.5, 0.6) is 0 Å². The minimum Gasteiger partial charge on any atom is -0.452 e. The van der Waals surface area contributed by atoms with Gasteiger partial charge in [0.05, 0.1) is 5.41 Å². The van der Waals surface area contributed by atoms with Gasteiger partial charge in [-0.3, -0.25) is 14.4 Å². The topological polar surface area (TPSA) is 98.5 Å². The Kier molecular flexibility index (Phi) is 5.96. The van der Waals surface area contributed by atoms with E-state index in [9.17, 15) is 18.8 Å². The second-order valence-electron chi connectivity index (χ2n) is 7.25. The Bertz CT molecular complexity index is 921.